The fourth-order valence-electron chi connectivity index (χ4n) is 3.29. The Hall–Kier alpha value is -3.28. The van der Waals surface area contributed by atoms with Crippen LogP contribution in [0.2, 0.25) is 0 Å². The Labute approximate surface area is 156 Å². The number of amides is 2. The summed E-state index contributed by atoms with van der Waals surface area (Å²) in [6.45, 7) is 2.12. The highest BCUT2D eigenvalue weighted by Gasteiger charge is 2.43. The molecule has 2 amide bonds. The van der Waals surface area contributed by atoms with Gasteiger partial charge < -0.3 is 15.8 Å². The Bertz CT molecular complexity index is 1020. The number of aromatic nitrogens is 1. The molecule has 27 heavy (non-hydrogen) atoms. The normalized spacial score (nSPS) is 23.8. The molecule has 1 aliphatic heterocycles. The number of nitrogens with one attached hydrogen (secondary N) is 1. The Morgan fingerprint density at radius 2 is 2.30 bits per heavy atom. The molecule has 9 heteroatoms. The molecular formula is C18H16BN5O3. The van der Waals surface area contributed by atoms with Gasteiger partial charge in [-0.1, -0.05) is 5.46 Å². The van der Waals surface area contributed by atoms with E-state index in [2.05, 4.69) is 16.4 Å². The van der Waals surface area contributed by atoms with Crippen LogP contribution in [0, 0.1) is 23.2 Å². The molecule has 1 saturated heterocycles. The summed E-state index contributed by atoms with van der Waals surface area (Å²) in [7, 11) is 6.15. The number of ether oxygens (including phenoxy) is 1. The highest BCUT2D eigenvalue weighted by Crippen LogP contribution is 2.38. The SMILES string of the molecule is [B]c1c(N2C(=O)OC[C@@H]2C)cc2cc(NC(=O)[C@H]3CC3C#N)ncc2c1N. The minimum absolute atomic E-state index is 0.171. The summed E-state index contributed by atoms with van der Waals surface area (Å²) >= 11 is 0. The summed E-state index contributed by atoms with van der Waals surface area (Å²) < 4.78 is 5.06. The van der Waals surface area contributed by atoms with Gasteiger partial charge in [-0.3, -0.25) is 9.69 Å². The van der Waals surface area contributed by atoms with Crippen molar-refractivity contribution in [3.05, 3.63) is 18.3 Å². The fourth-order valence-corrected chi connectivity index (χ4v) is 3.29. The molecule has 1 aliphatic carbocycles. The lowest BCUT2D eigenvalue weighted by Gasteiger charge is -2.23. The Morgan fingerprint density at radius 3 is 2.93 bits per heavy atom. The van der Waals surface area contributed by atoms with E-state index in [1.54, 1.807) is 12.1 Å². The smallest absolute Gasteiger partial charge is 0.414 e. The van der Waals surface area contributed by atoms with E-state index in [4.69, 9.17) is 23.6 Å². The zero-order valence-electron chi connectivity index (χ0n) is 14.6. The average molecular weight is 361 g/mol. The number of nitrogen functional groups attached to an aromatic ring is 1. The predicted octanol–water partition coefficient (Wildman–Crippen LogP) is 1.05. The van der Waals surface area contributed by atoms with E-state index in [0.29, 0.717) is 34.4 Å². The molecule has 0 bridgehead atoms. The monoisotopic (exact) mass is 361 g/mol. The van der Waals surface area contributed by atoms with E-state index in [0.717, 1.165) is 0 Å². The number of nitrogens with two attached hydrogens (primary N) is 1. The highest BCUT2D eigenvalue weighted by molar-refractivity contribution is 6.42. The summed E-state index contributed by atoms with van der Waals surface area (Å²) in [5.74, 6) is -0.396. The van der Waals surface area contributed by atoms with Crippen LogP contribution < -0.4 is 21.4 Å². The second kappa shape index (κ2) is 6.16. The number of hydrogen-bond acceptors (Lipinski definition) is 6. The van der Waals surface area contributed by atoms with E-state index in [9.17, 15) is 9.59 Å². The zero-order valence-corrected chi connectivity index (χ0v) is 14.6. The van der Waals surface area contributed by atoms with Crippen LogP contribution in [-0.2, 0) is 9.53 Å². The van der Waals surface area contributed by atoms with Crippen molar-refractivity contribution in [3.8, 4) is 6.07 Å². The molecule has 8 nitrogen and oxygen atoms in total. The van der Waals surface area contributed by atoms with Crippen molar-refractivity contribution in [2.45, 2.75) is 19.4 Å². The summed E-state index contributed by atoms with van der Waals surface area (Å²) in [6.07, 6.45) is 1.62. The maximum absolute atomic E-state index is 12.1. The molecule has 1 aromatic carbocycles. The zero-order chi connectivity index (χ0) is 19.3. The first kappa shape index (κ1) is 17.2. The van der Waals surface area contributed by atoms with E-state index in [1.165, 1.54) is 11.1 Å². The third-order valence-corrected chi connectivity index (χ3v) is 4.97. The fraction of sp³-hybridized carbons (Fsp3) is 0.333. The van der Waals surface area contributed by atoms with Gasteiger partial charge in [0.2, 0.25) is 5.91 Å². The van der Waals surface area contributed by atoms with Crippen molar-refractivity contribution in [1.82, 2.24) is 4.98 Å². The molecule has 1 saturated carbocycles. The maximum Gasteiger partial charge on any atom is 0.414 e. The lowest BCUT2D eigenvalue weighted by molar-refractivity contribution is -0.117. The number of nitriles is 1. The van der Waals surface area contributed by atoms with Crippen LogP contribution in [0.5, 0.6) is 0 Å². The third kappa shape index (κ3) is 2.83. The quantitative estimate of drug-likeness (QED) is 0.623. The van der Waals surface area contributed by atoms with Gasteiger partial charge in [0.25, 0.3) is 0 Å². The topological polar surface area (TPSA) is 121 Å². The predicted molar refractivity (Wildman–Crippen MR) is 101 cm³/mol. The van der Waals surface area contributed by atoms with E-state index >= 15 is 0 Å². The minimum Gasteiger partial charge on any atom is -0.447 e. The molecule has 3 N–H and O–H groups in total. The van der Waals surface area contributed by atoms with Gasteiger partial charge in [-0.25, -0.2) is 9.78 Å². The van der Waals surface area contributed by atoms with Gasteiger partial charge in [0.1, 0.15) is 20.3 Å². The summed E-state index contributed by atoms with van der Waals surface area (Å²) in [5.41, 5.74) is 7.21. The standard InChI is InChI=1S/C18H16BN5O3/c1-8-7-27-18(26)24(8)13-3-9-4-14(22-6-12(9)16(21)15(13)19)23-17(25)11-2-10(11)5-20/h3-4,6,8,10-11H,2,7,21H2,1H3,(H,22,23,25)/t8-,10?,11-/m0/s1. The van der Waals surface area contributed by atoms with Gasteiger partial charge in [-0.05, 0) is 30.9 Å². The van der Waals surface area contributed by atoms with Crippen LogP contribution in [0.15, 0.2) is 18.3 Å². The number of pyridine rings is 1. The van der Waals surface area contributed by atoms with Gasteiger partial charge in [0.05, 0.1) is 23.9 Å². The number of carbonyl (C=O) groups is 2. The van der Waals surface area contributed by atoms with Crippen molar-refractivity contribution in [2.24, 2.45) is 11.8 Å². The molecule has 134 valence electrons. The van der Waals surface area contributed by atoms with Crippen LogP contribution in [0.1, 0.15) is 13.3 Å². The highest BCUT2D eigenvalue weighted by atomic mass is 16.6. The minimum atomic E-state index is -0.480. The first-order chi connectivity index (χ1) is 12.9. The van der Waals surface area contributed by atoms with E-state index in [1.807, 2.05) is 6.92 Å². The molecule has 2 aromatic rings. The Kier molecular flexibility index (Phi) is 3.91. The number of fused-ring (bicyclic) bond motifs is 1. The lowest BCUT2D eigenvalue weighted by atomic mass is 9.88. The molecule has 2 heterocycles. The molecule has 1 aromatic heterocycles. The van der Waals surface area contributed by atoms with Crippen LogP contribution in [0.4, 0.5) is 22.0 Å². The van der Waals surface area contributed by atoms with Crippen molar-refractivity contribution in [2.75, 3.05) is 22.6 Å². The molecule has 0 spiro atoms. The van der Waals surface area contributed by atoms with Crippen LogP contribution in [0.3, 0.4) is 0 Å². The first-order valence-corrected chi connectivity index (χ1v) is 8.55. The van der Waals surface area contributed by atoms with Gasteiger partial charge in [0, 0.05) is 23.0 Å². The van der Waals surface area contributed by atoms with Crippen LogP contribution >= 0.6 is 0 Å². The number of cyclic esters (lactones) is 1. The maximum atomic E-state index is 12.1. The molecular weight excluding hydrogens is 345 g/mol. The number of nitrogens with zero attached hydrogens (tertiary/aromatic N) is 3. The van der Waals surface area contributed by atoms with Crippen molar-refractivity contribution < 1.29 is 14.3 Å². The van der Waals surface area contributed by atoms with Crippen molar-refractivity contribution in [1.29, 1.82) is 5.26 Å². The van der Waals surface area contributed by atoms with Crippen LogP contribution in [0.25, 0.3) is 10.8 Å². The van der Waals surface area contributed by atoms with Gasteiger partial charge in [0.15, 0.2) is 0 Å². The Balaban J connectivity index is 1.70. The second-order valence-electron chi connectivity index (χ2n) is 6.88. The number of benzene rings is 1. The average Bonchev–Trinajstić information content (AvgIpc) is 3.37. The number of rotatable bonds is 3. The summed E-state index contributed by atoms with van der Waals surface area (Å²) in [4.78, 5) is 29.9. The van der Waals surface area contributed by atoms with E-state index < -0.39 is 6.09 Å². The second-order valence-corrected chi connectivity index (χ2v) is 6.88. The molecule has 2 fully saturated rings. The van der Waals surface area contributed by atoms with Gasteiger partial charge in [-0.2, -0.15) is 5.26 Å². The van der Waals surface area contributed by atoms with Gasteiger partial charge in [-0.15, -0.1) is 0 Å². The Morgan fingerprint density at radius 1 is 1.52 bits per heavy atom. The first-order valence-electron chi connectivity index (χ1n) is 8.55. The molecule has 1 unspecified atom stereocenters. The molecule has 2 radical (unpaired) electrons. The van der Waals surface area contributed by atoms with Crippen molar-refractivity contribution in [3.63, 3.8) is 0 Å². The molecule has 2 aliphatic rings. The third-order valence-electron chi connectivity index (χ3n) is 4.97. The molecule has 4 rings (SSSR count). The van der Waals surface area contributed by atoms with Crippen LogP contribution in [-0.4, -0.2) is 37.5 Å². The number of carbonyl (C=O) groups excluding carboxylic acids is 2. The summed E-state index contributed by atoms with van der Waals surface area (Å²) in [6, 6.07) is 5.32. The number of hydrogen-bond donors (Lipinski definition) is 2. The van der Waals surface area contributed by atoms with E-state index in [-0.39, 0.29) is 35.9 Å². The van der Waals surface area contributed by atoms with Crippen molar-refractivity contribution >= 4 is 53.3 Å². The summed E-state index contributed by atoms with van der Waals surface area (Å²) in [5, 5.41) is 12.9. The lowest BCUT2D eigenvalue weighted by Crippen LogP contribution is -2.35. The largest absolute Gasteiger partial charge is 0.447 e. The van der Waals surface area contributed by atoms with Gasteiger partial charge >= 0.3 is 6.09 Å². The number of anilines is 3. The molecule has 3 atom stereocenters.